The molecule has 1 aromatic heterocycles. The van der Waals surface area contributed by atoms with E-state index in [9.17, 15) is 10.2 Å². The first-order valence-electron chi connectivity index (χ1n) is 6.95. The van der Waals surface area contributed by atoms with E-state index in [0.29, 0.717) is 5.71 Å². The van der Waals surface area contributed by atoms with Gasteiger partial charge >= 0.3 is 0 Å². The molecule has 0 aliphatic rings. The highest BCUT2D eigenvalue weighted by atomic mass is 16.5. The second-order valence-electron chi connectivity index (χ2n) is 4.99. The number of methoxy groups -OCH3 is 1. The second kappa shape index (κ2) is 6.67. The number of ether oxygens (including phenoxy) is 1. The van der Waals surface area contributed by atoms with Crippen LogP contribution in [0.1, 0.15) is 50.2 Å². The molecule has 7 heteroatoms. The average molecular weight is 304 g/mol. The van der Waals surface area contributed by atoms with Crippen molar-refractivity contribution in [1.29, 1.82) is 0 Å². The van der Waals surface area contributed by atoms with Gasteiger partial charge < -0.3 is 14.9 Å². The van der Waals surface area contributed by atoms with Gasteiger partial charge in [-0.25, -0.2) is 0 Å². The van der Waals surface area contributed by atoms with Gasteiger partial charge in [0.15, 0.2) is 11.6 Å². The van der Waals surface area contributed by atoms with Gasteiger partial charge in [0.2, 0.25) is 0 Å². The number of aliphatic hydroxyl groups excluding tert-OH is 2. The maximum absolute atomic E-state index is 9.76. The molecule has 2 aromatic rings. The fraction of sp³-hybridized carbons (Fsp3) is 0.400. The summed E-state index contributed by atoms with van der Waals surface area (Å²) in [5.74, 6) is 1.32. The van der Waals surface area contributed by atoms with Crippen LogP contribution >= 0.6 is 0 Å². The molecule has 0 aliphatic carbocycles. The van der Waals surface area contributed by atoms with E-state index in [1.54, 1.807) is 21.0 Å². The average Bonchev–Trinajstić information content (AvgIpc) is 2.91. The minimum absolute atomic E-state index is 0.281. The smallest absolute Gasteiger partial charge is 0.182 e. The largest absolute Gasteiger partial charge is 0.497 e. The number of rotatable bonds is 5. The molecular formula is C15H20N4O3. The minimum atomic E-state index is -0.840. The summed E-state index contributed by atoms with van der Waals surface area (Å²) in [5, 5.41) is 31.7. The van der Waals surface area contributed by atoms with Crippen molar-refractivity contribution in [3.8, 4) is 5.75 Å². The van der Waals surface area contributed by atoms with Crippen LogP contribution in [-0.2, 0) is 0 Å². The zero-order valence-electron chi connectivity index (χ0n) is 13.1. The number of aromatic nitrogens is 3. The van der Waals surface area contributed by atoms with E-state index in [-0.39, 0.29) is 11.6 Å². The van der Waals surface area contributed by atoms with Crippen LogP contribution in [0.5, 0.6) is 5.75 Å². The molecule has 2 N–H and O–H groups in total. The van der Waals surface area contributed by atoms with E-state index in [1.165, 1.54) is 4.68 Å². The van der Waals surface area contributed by atoms with Gasteiger partial charge in [-0.05, 0) is 50.6 Å². The van der Waals surface area contributed by atoms with Gasteiger partial charge in [0.05, 0.1) is 12.8 Å². The maximum Gasteiger partial charge on any atom is 0.182 e. The van der Waals surface area contributed by atoms with Gasteiger partial charge in [-0.1, -0.05) is 0 Å². The lowest BCUT2D eigenvalue weighted by atomic mass is 10.1. The molecule has 1 aromatic carbocycles. The van der Waals surface area contributed by atoms with Crippen LogP contribution in [0.15, 0.2) is 29.4 Å². The van der Waals surface area contributed by atoms with Gasteiger partial charge in [-0.2, -0.15) is 9.78 Å². The van der Waals surface area contributed by atoms with Crippen molar-refractivity contribution >= 4 is 5.71 Å². The Balaban J connectivity index is 2.43. The number of hydrogen-bond acceptors (Lipinski definition) is 6. The highest BCUT2D eigenvalue weighted by Crippen LogP contribution is 2.18. The molecule has 1 heterocycles. The lowest BCUT2D eigenvalue weighted by molar-refractivity contribution is 0.174. The number of benzene rings is 1. The fourth-order valence-corrected chi connectivity index (χ4v) is 1.97. The molecule has 0 saturated heterocycles. The Labute approximate surface area is 128 Å². The van der Waals surface area contributed by atoms with Crippen LogP contribution in [0.4, 0.5) is 0 Å². The third-order valence-corrected chi connectivity index (χ3v) is 3.19. The quantitative estimate of drug-likeness (QED) is 0.820. The van der Waals surface area contributed by atoms with E-state index in [4.69, 9.17) is 4.74 Å². The molecule has 2 rings (SSSR count). The SMILES string of the molecule is COc1ccc(C(C)=Nn2c(C(C)O)nnc2C(C)O)cc1. The summed E-state index contributed by atoms with van der Waals surface area (Å²) in [6, 6.07) is 7.44. The van der Waals surface area contributed by atoms with Crippen LogP contribution in [0.3, 0.4) is 0 Å². The van der Waals surface area contributed by atoms with Crippen LogP contribution in [0, 0.1) is 0 Å². The monoisotopic (exact) mass is 304 g/mol. The molecule has 0 amide bonds. The molecule has 22 heavy (non-hydrogen) atoms. The summed E-state index contributed by atoms with van der Waals surface area (Å²) >= 11 is 0. The lowest BCUT2D eigenvalue weighted by Gasteiger charge is -2.10. The third kappa shape index (κ3) is 3.32. The van der Waals surface area contributed by atoms with E-state index in [2.05, 4.69) is 15.3 Å². The Bertz CT molecular complexity index is 634. The first-order chi connectivity index (χ1) is 10.4. The summed E-state index contributed by atoms with van der Waals surface area (Å²) in [4.78, 5) is 0. The Morgan fingerprint density at radius 1 is 1.09 bits per heavy atom. The second-order valence-corrected chi connectivity index (χ2v) is 4.99. The van der Waals surface area contributed by atoms with Crippen molar-refractivity contribution in [2.24, 2.45) is 5.10 Å². The van der Waals surface area contributed by atoms with Crippen molar-refractivity contribution < 1.29 is 14.9 Å². The van der Waals surface area contributed by atoms with Crippen molar-refractivity contribution in [2.75, 3.05) is 7.11 Å². The van der Waals surface area contributed by atoms with Crippen LogP contribution in [0.2, 0.25) is 0 Å². The topological polar surface area (TPSA) is 92.8 Å². The molecule has 0 saturated carbocycles. The first kappa shape index (κ1) is 16.1. The lowest BCUT2D eigenvalue weighted by Crippen LogP contribution is -2.10. The first-order valence-corrected chi connectivity index (χ1v) is 6.95. The summed E-state index contributed by atoms with van der Waals surface area (Å²) < 4.78 is 6.51. The molecule has 0 fully saturated rings. The number of hydrogen-bond donors (Lipinski definition) is 2. The molecule has 2 unspecified atom stereocenters. The Morgan fingerprint density at radius 3 is 2.00 bits per heavy atom. The molecule has 0 radical (unpaired) electrons. The predicted octanol–water partition coefficient (Wildman–Crippen LogP) is 1.67. The standard InChI is InChI=1S/C15H20N4O3/c1-9(12-5-7-13(22-4)8-6-12)18-19-14(10(2)20)16-17-15(19)11(3)21/h5-8,10-11,20-21H,1-4H3. The summed E-state index contributed by atoms with van der Waals surface area (Å²) in [5.41, 5.74) is 1.59. The third-order valence-electron chi connectivity index (χ3n) is 3.19. The summed E-state index contributed by atoms with van der Waals surface area (Å²) in [7, 11) is 1.61. The Kier molecular flexibility index (Phi) is 4.89. The highest BCUT2D eigenvalue weighted by molar-refractivity contribution is 5.98. The molecule has 0 spiro atoms. The molecular weight excluding hydrogens is 284 g/mol. The molecule has 118 valence electrons. The Morgan fingerprint density at radius 2 is 1.59 bits per heavy atom. The van der Waals surface area contributed by atoms with Gasteiger partial charge in [-0.15, -0.1) is 10.2 Å². The van der Waals surface area contributed by atoms with Crippen LogP contribution < -0.4 is 4.74 Å². The van der Waals surface area contributed by atoms with E-state index in [0.717, 1.165) is 11.3 Å². The molecule has 0 aliphatic heterocycles. The number of nitrogens with zero attached hydrogens (tertiary/aromatic N) is 4. The van der Waals surface area contributed by atoms with E-state index >= 15 is 0 Å². The normalized spacial score (nSPS) is 14.7. The van der Waals surface area contributed by atoms with Gasteiger partial charge in [-0.3, -0.25) is 0 Å². The van der Waals surface area contributed by atoms with Crippen molar-refractivity contribution in [2.45, 2.75) is 33.0 Å². The van der Waals surface area contributed by atoms with Crippen LogP contribution in [-0.4, -0.2) is 37.9 Å². The highest BCUT2D eigenvalue weighted by Gasteiger charge is 2.19. The predicted molar refractivity (Wildman–Crippen MR) is 81.9 cm³/mol. The zero-order chi connectivity index (χ0) is 16.3. The minimum Gasteiger partial charge on any atom is -0.497 e. The Hall–Kier alpha value is -2.25. The summed E-state index contributed by atoms with van der Waals surface area (Å²) in [6.07, 6.45) is -1.68. The van der Waals surface area contributed by atoms with Gasteiger partial charge in [0, 0.05) is 0 Å². The van der Waals surface area contributed by atoms with E-state index in [1.807, 2.05) is 31.2 Å². The molecule has 0 bridgehead atoms. The van der Waals surface area contributed by atoms with Gasteiger partial charge in [0.25, 0.3) is 0 Å². The van der Waals surface area contributed by atoms with Crippen molar-refractivity contribution in [1.82, 2.24) is 14.9 Å². The fourth-order valence-electron chi connectivity index (χ4n) is 1.97. The maximum atomic E-state index is 9.76. The summed E-state index contributed by atoms with van der Waals surface area (Å²) in [6.45, 7) is 4.98. The van der Waals surface area contributed by atoms with Gasteiger partial charge in [0.1, 0.15) is 18.0 Å². The van der Waals surface area contributed by atoms with Crippen LogP contribution in [0.25, 0.3) is 0 Å². The zero-order valence-corrected chi connectivity index (χ0v) is 13.1. The molecule has 7 nitrogen and oxygen atoms in total. The van der Waals surface area contributed by atoms with Crippen molar-refractivity contribution in [3.63, 3.8) is 0 Å². The molecule has 2 atom stereocenters. The van der Waals surface area contributed by atoms with E-state index < -0.39 is 12.2 Å². The van der Waals surface area contributed by atoms with Crippen molar-refractivity contribution in [3.05, 3.63) is 41.5 Å². The number of aliphatic hydroxyl groups is 2.